The quantitative estimate of drug-likeness (QED) is 0.843. The van der Waals surface area contributed by atoms with Gasteiger partial charge in [0.25, 0.3) is 0 Å². The largest absolute Gasteiger partial charge is 0.489 e. The van der Waals surface area contributed by atoms with Crippen molar-refractivity contribution >= 4 is 21.9 Å². The Morgan fingerprint density at radius 1 is 1.24 bits per heavy atom. The van der Waals surface area contributed by atoms with Gasteiger partial charge in [0.15, 0.2) is 0 Å². The fourth-order valence-electron chi connectivity index (χ4n) is 2.05. The molecule has 0 aromatic heterocycles. The molecule has 0 heterocycles. The first kappa shape index (κ1) is 15.6. The predicted molar refractivity (Wildman–Crippen MR) is 85.6 cm³/mol. The van der Waals surface area contributed by atoms with Crippen molar-refractivity contribution in [3.63, 3.8) is 0 Å². The summed E-state index contributed by atoms with van der Waals surface area (Å²) in [7, 11) is 0. The second-order valence-corrected chi connectivity index (χ2v) is 5.73. The Morgan fingerprint density at radius 3 is 2.67 bits per heavy atom. The molecule has 4 heteroatoms. The summed E-state index contributed by atoms with van der Waals surface area (Å²) in [5.41, 5.74) is 3.12. The summed E-state index contributed by atoms with van der Waals surface area (Å²) >= 11 is 3.50. The lowest BCUT2D eigenvalue weighted by molar-refractivity contribution is -0.136. The van der Waals surface area contributed by atoms with Crippen LogP contribution < -0.4 is 4.74 Å². The number of aryl methyl sites for hydroxylation is 2. The average molecular weight is 349 g/mol. The van der Waals surface area contributed by atoms with Gasteiger partial charge < -0.3 is 9.84 Å². The molecule has 21 heavy (non-hydrogen) atoms. The normalized spacial score (nSPS) is 10.4. The lowest BCUT2D eigenvalue weighted by atomic mass is 10.1. The first-order chi connectivity index (χ1) is 10.1. The molecule has 1 N–H and O–H groups in total. The number of halogens is 1. The van der Waals surface area contributed by atoms with E-state index >= 15 is 0 Å². The van der Waals surface area contributed by atoms with Crippen molar-refractivity contribution < 1.29 is 14.6 Å². The molecule has 2 aromatic carbocycles. The van der Waals surface area contributed by atoms with Crippen LogP contribution in [0.1, 0.15) is 23.1 Å². The molecule has 0 aliphatic carbocycles. The van der Waals surface area contributed by atoms with Crippen molar-refractivity contribution in [3.05, 3.63) is 63.6 Å². The van der Waals surface area contributed by atoms with Crippen LogP contribution in [0.25, 0.3) is 0 Å². The molecule has 0 radical (unpaired) electrons. The monoisotopic (exact) mass is 348 g/mol. The molecular weight excluding hydrogens is 332 g/mol. The first-order valence-electron chi connectivity index (χ1n) is 6.74. The van der Waals surface area contributed by atoms with Crippen LogP contribution >= 0.6 is 15.9 Å². The maximum absolute atomic E-state index is 10.6. The zero-order valence-electron chi connectivity index (χ0n) is 11.8. The predicted octanol–water partition coefficient (Wildman–Crippen LogP) is 4.35. The third-order valence-electron chi connectivity index (χ3n) is 3.21. The van der Waals surface area contributed by atoms with Gasteiger partial charge in [-0.05, 0) is 36.6 Å². The van der Waals surface area contributed by atoms with Crippen molar-refractivity contribution in [2.24, 2.45) is 0 Å². The number of hydrogen-bond acceptors (Lipinski definition) is 2. The van der Waals surface area contributed by atoms with Crippen LogP contribution in [0.5, 0.6) is 5.75 Å². The highest BCUT2D eigenvalue weighted by atomic mass is 79.9. The highest BCUT2D eigenvalue weighted by Gasteiger charge is 2.05. The SMILES string of the molecule is Cc1cc(CCC(=O)O)ccc1OCc1ccccc1Br. The minimum absolute atomic E-state index is 0.149. The second-order valence-electron chi connectivity index (χ2n) is 4.87. The molecule has 0 aliphatic rings. The number of ether oxygens (including phenoxy) is 1. The maximum Gasteiger partial charge on any atom is 0.303 e. The molecule has 0 spiro atoms. The molecule has 2 aromatic rings. The molecule has 0 unspecified atom stereocenters. The van der Waals surface area contributed by atoms with Gasteiger partial charge in [0, 0.05) is 16.5 Å². The fraction of sp³-hybridized carbons (Fsp3) is 0.235. The molecule has 3 nitrogen and oxygen atoms in total. The minimum atomic E-state index is -0.776. The zero-order chi connectivity index (χ0) is 15.2. The van der Waals surface area contributed by atoms with Crippen molar-refractivity contribution in [2.75, 3.05) is 0 Å². The van der Waals surface area contributed by atoms with Gasteiger partial charge in [0.2, 0.25) is 0 Å². The average Bonchev–Trinajstić information content (AvgIpc) is 2.45. The highest BCUT2D eigenvalue weighted by Crippen LogP contribution is 2.23. The van der Waals surface area contributed by atoms with Gasteiger partial charge in [0.05, 0.1) is 0 Å². The lowest BCUT2D eigenvalue weighted by Gasteiger charge is -2.11. The lowest BCUT2D eigenvalue weighted by Crippen LogP contribution is -2.00. The van der Waals surface area contributed by atoms with Crippen molar-refractivity contribution in [2.45, 2.75) is 26.4 Å². The molecule has 0 saturated carbocycles. The van der Waals surface area contributed by atoms with Crippen LogP contribution in [0.4, 0.5) is 0 Å². The smallest absolute Gasteiger partial charge is 0.303 e. The third-order valence-corrected chi connectivity index (χ3v) is 3.98. The molecule has 0 aliphatic heterocycles. The number of hydrogen-bond donors (Lipinski definition) is 1. The van der Waals surface area contributed by atoms with Crippen LogP contribution in [0, 0.1) is 6.92 Å². The number of carboxylic acid groups (broad SMARTS) is 1. The van der Waals surface area contributed by atoms with Gasteiger partial charge in [-0.15, -0.1) is 0 Å². The van der Waals surface area contributed by atoms with Gasteiger partial charge in [-0.2, -0.15) is 0 Å². The van der Waals surface area contributed by atoms with E-state index < -0.39 is 5.97 Å². The highest BCUT2D eigenvalue weighted by molar-refractivity contribution is 9.10. The van der Waals surface area contributed by atoms with Gasteiger partial charge in [-0.1, -0.05) is 46.3 Å². The summed E-state index contributed by atoms with van der Waals surface area (Å²) < 4.78 is 6.87. The van der Waals surface area contributed by atoms with Crippen molar-refractivity contribution in [1.29, 1.82) is 0 Å². The Morgan fingerprint density at radius 2 is 2.00 bits per heavy atom. The minimum Gasteiger partial charge on any atom is -0.489 e. The first-order valence-corrected chi connectivity index (χ1v) is 7.53. The Bertz CT molecular complexity index is 638. The van der Waals surface area contributed by atoms with Crippen LogP contribution in [0.2, 0.25) is 0 Å². The Balaban J connectivity index is 2.01. The maximum atomic E-state index is 10.6. The Labute approximate surface area is 132 Å². The van der Waals surface area contributed by atoms with Crippen LogP contribution in [0.3, 0.4) is 0 Å². The Hall–Kier alpha value is -1.81. The van der Waals surface area contributed by atoms with Gasteiger partial charge in [-0.25, -0.2) is 0 Å². The molecule has 2 rings (SSSR count). The summed E-state index contributed by atoms with van der Waals surface area (Å²) in [5.74, 6) is 0.0479. The second kappa shape index (κ2) is 7.27. The van der Waals surface area contributed by atoms with E-state index in [1.165, 1.54) is 0 Å². The number of rotatable bonds is 6. The third kappa shape index (κ3) is 4.60. The van der Waals surface area contributed by atoms with E-state index in [-0.39, 0.29) is 6.42 Å². The van der Waals surface area contributed by atoms with Crippen molar-refractivity contribution in [3.8, 4) is 5.75 Å². The molecular formula is C17H17BrO3. The molecule has 0 atom stereocenters. The van der Waals surface area contributed by atoms with E-state index in [4.69, 9.17) is 9.84 Å². The molecule has 0 fully saturated rings. The van der Waals surface area contributed by atoms with E-state index in [2.05, 4.69) is 15.9 Å². The standard InChI is InChI=1S/C17H17BrO3/c1-12-10-13(7-9-17(19)20)6-8-16(12)21-11-14-4-2-3-5-15(14)18/h2-6,8,10H,7,9,11H2,1H3,(H,19,20). The summed E-state index contributed by atoms with van der Waals surface area (Å²) in [6.07, 6.45) is 0.692. The summed E-state index contributed by atoms with van der Waals surface area (Å²) in [5, 5.41) is 8.71. The topological polar surface area (TPSA) is 46.5 Å². The fourth-order valence-corrected chi connectivity index (χ4v) is 2.45. The van der Waals surface area contributed by atoms with Crippen LogP contribution in [-0.4, -0.2) is 11.1 Å². The number of benzene rings is 2. The van der Waals surface area contributed by atoms with E-state index in [1.54, 1.807) is 0 Å². The summed E-state index contributed by atoms with van der Waals surface area (Å²) in [4.78, 5) is 10.6. The molecule has 0 amide bonds. The zero-order valence-corrected chi connectivity index (χ0v) is 13.4. The summed E-state index contributed by atoms with van der Waals surface area (Å²) in [6, 6.07) is 13.8. The van der Waals surface area contributed by atoms with Crippen molar-refractivity contribution in [1.82, 2.24) is 0 Å². The number of carbonyl (C=O) groups is 1. The van der Waals surface area contributed by atoms with E-state index in [9.17, 15) is 4.79 Å². The van der Waals surface area contributed by atoms with Gasteiger partial charge >= 0.3 is 5.97 Å². The van der Waals surface area contributed by atoms with E-state index in [0.29, 0.717) is 13.0 Å². The Kier molecular flexibility index (Phi) is 5.39. The van der Waals surface area contributed by atoms with Gasteiger partial charge in [-0.3, -0.25) is 4.79 Å². The van der Waals surface area contributed by atoms with Crippen LogP contribution in [0.15, 0.2) is 46.9 Å². The van der Waals surface area contributed by atoms with Crippen LogP contribution in [-0.2, 0) is 17.8 Å². The number of aliphatic carboxylic acids is 1. The molecule has 0 saturated heterocycles. The van der Waals surface area contributed by atoms with E-state index in [1.807, 2.05) is 49.4 Å². The molecule has 0 bridgehead atoms. The van der Waals surface area contributed by atoms with E-state index in [0.717, 1.165) is 26.9 Å². The molecule has 110 valence electrons. The number of carboxylic acids is 1. The van der Waals surface area contributed by atoms with Gasteiger partial charge in [0.1, 0.15) is 12.4 Å². The summed E-state index contributed by atoms with van der Waals surface area (Å²) in [6.45, 7) is 2.47.